The monoisotopic (exact) mass is 503 g/mol. The number of aromatic nitrogens is 2. The summed E-state index contributed by atoms with van der Waals surface area (Å²) in [5.74, 6) is -21.4. The van der Waals surface area contributed by atoms with E-state index in [1.165, 1.54) is 6.92 Å². The molecule has 0 aliphatic heterocycles. The molecule has 2 rings (SSSR count). The van der Waals surface area contributed by atoms with Crippen LogP contribution in [0.4, 0.5) is 58.4 Å². The molecule has 0 radical (unpaired) electrons. The highest BCUT2D eigenvalue weighted by Gasteiger charge is 2.82. The second kappa shape index (κ2) is 7.79. The third-order valence-corrected chi connectivity index (χ3v) is 4.32. The molecule has 1 heterocycles. The van der Waals surface area contributed by atoms with Gasteiger partial charge in [-0.05, 0) is 18.6 Å². The summed E-state index contributed by atoms with van der Waals surface area (Å²) in [6.45, 7) is 0.296. The number of nitrogens with zero attached hydrogens (tertiary/aromatic N) is 3. The minimum Gasteiger partial charge on any atom is -0.267 e. The number of alkyl halides is 12. The van der Waals surface area contributed by atoms with Crippen molar-refractivity contribution in [1.82, 2.24) is 9.78 Å². The second-order valence-electron chi connectivity index (χ2n) is 6.69. The van der Waals surface area contributed by atoms with Gasteiger partial charge in [-0.2, -0.15) is 57.8 Å². The fourth-order valence-corrected chi connectivity index (χ4v) is 2.69. The maximum atomic E-state index is 14.2. The van der Waals surface area contributed by atoms with E-state index < -0.39 is 64.7 Å². The Labute approximate surface area is 174 Å². The Bertz CT molecular complexity index is 1060. The molecule has 33 heavy (non-hydrogen) atoms. The van der Waals surface area contributed by atoms with Crippen molar-refractivity contribution in [2.75, 3.05) is 0 Å². The van der Waals surface area contributed by atoms with Crippen LogP contribution in [-0.4, -0.2) is 32.7 Å². The van der Waals surface area contributed by atoms with Gasteiger partial charge < -0.3 is 0 Å². The molecule has 0 aliphatic carbocycles. The quantitative estimate of drug-likeness (QED) is 0.272. The van der Waals surface area contributed by atoms with Crippen molar-refractivity contribution in [3.8, 4) is 0 Å². The Morgan fingerprint density at radius 1 is 0.939 bits per heavy atom. The predicted octanol–water partition coefficient (Wildman–Crippen LogP) is 6.09. The molecule has 0 amide bonds. The Hall–Kier alpha value is -3.01. The van der Waals surface area contributed by atoms with E-state index in [9.17, 15) is 62.8 Å². The predicted molar refractivity (Wildman–Crippen MR) is 84.0 cm³/mol. The lowest BCUT2D eigenvalue weighted by Gasteiger charge is -2.33. The van der Waals surface area contributed by atoms with Crippen LogP contribution in [0.2, 0.25) is 0 Å². The van der Waals surface area contributed by atoms with Crippen LogP contribution in [0, 0.1) is 17.0 Å². The van der Waals surface area contributed by atoms with E-state index >= 15 is 0 Å². The highest BCUT2D eigenvalue weighted by Crippen LogP contribution is 2.57. The maximum Gasteiger partial charge on any atom is 0.460 e. The molecule has 0 atom stereocenters. The van der Waals surface area contributed by atoms with Crippen molar-refractivity contribution in [2.24, 2.45) is 0 Å². The van der Waals surface area contributed by atoms with E-state index in [0.717, 1.165) is 18.2 Å². The van der Waals surface area contributed by atoms with Gasteiger partial charge in [-0.15, -0.1) is 0 Å². The number of rotatable bonds is 6. The lowest BCUT2D eigenvalue weighted by atomic mass is 9.97. The zero-order valence-electron chi connectivity index (χ0n) is 15.7. The van der Waals surface area contributed by atoms with Crippen LogP contribution in [0.5, 0.6) is 0 Å². The van der Waals surface area contributed by atoms with E-state index in [-0.39, 0.29) is 15.8 Å². The average molecular weight is 503 g/mol. The Kier molecular flexibility index (Phi) is 6.20. The molecule has 0 fully saturated rings. The highest BCUT2D eigenvalue weighted by molar-refractivity contribution is 5.42. The molecule has 0 saturated heterocycles. The van der Waals surface area contributed by atoms with Crippen molar-refractivity contribution in [3.05, 3.63) is 56.9 Å². The number of hydrogen-bond acceptors (Lipinski definition) is 3. The van der Waals surface area contributed by atoms with Gasteiger partial charge in [-0.1, -0.05) is 6.07 Å². The van der Waals surface area contributed by atoms with Crippen LogP contribution in [0.25, 0.3) is 0 Å². The highest BCUT2D eigenvalue weighted by atomic mass is 19.4. The number of nitro groups is 1. The summed E-state index contributed by atoms with van der Waals surface area (Å²) in [6, 6.07) is 2.84. The summed E-state index contributed by atoms with van der Waals surface area (Å²) in [7, 11) is 0. The van der Waals surface area contributed by atoms with Crippen LogP contribution in [-0.2, 0) is 18.6 Å². The van der Waals surface area contributed by atoms with Crippen LogP contribution < -0.4 is 0 Å². The Morgan fingerprint density at radius 2 is 1.48 bits per heavy atom. The molecule has 1 aromatic heterocycles. The van der Waals surface area contributed by atoms with Gasteiger partial charge in [0.2, 0.25) is 0 Å². The first-order chi connectivity index (χ1) is 14.6. The molecule has 184 valence electrons. The third-order valence-electron chi connectivity index (χ3n) is 4.32. The number of nitro benzene ring substituents is 1. The van der Waals surface area contributed by atoms with Gasteiger partial charge in [0.15, 0.2) is 5.69 Å². The largest absolute Gasteiger partial charge is 0.460 e. The molecule has 0 N–H and O–H groups in total. The summed E-state index contributed by atoms with van der Waals surface area (Å²) < 4.78 is 158. The SMILES string of the molecule is Cc1cc(Cn2cc(C(F)(F)C(F)(F)C(F)(F)C(F)(F)F)c(C(F)(F)F)n2)ccc1[N+](=O)[O-]. The van der Waals surface area contributed by atoms with E-state index in [0.29, 0.717) is 0 Å². The zero-order valence-corrected chi connectivity index (χ0v) is 15.7. The molecule has 0 unspecified atom stereocenters. The number of hydrogen-bond donors (Lipinski definition) is 0. The van der Waals surface area contributed by atoms with Crippen molar-refractivity contribution in [2.45, 2.75) is 43.6 Å². The van der Waals surface area contributed by atoms with Crippen molar-refractivity contribution in [3.63, 3.8) is 0 Å². The van der Waals surface area contributed by atoms with Gasteiger partial charge in [-0.3, -0.25) is 14.8 Å². The lowest BCUT2D eigenvalue weighted by molar-refractivity contribution is -0.399. The number of benzene rings is 1. The van der Waals surface area contributed by atoms with Gasteiger partial charge in [-0.25, -0.2) is 0 Å². The molecule has 1 aromatic carbocycles. The fraction of sp³-hybridized carbons (Fsp3) is 0.438. The summed E-state index contributed by atoms with van der Waals surface area (Å²) in [5, 5.41) is 13.4. The van der Waals surface area contributed by atoms with Gasteiger partial charge in [0.1, 0.15) is 0 Å². The van der Waals surface area contributed by atoms with Crippen molar-refractivity contribution in [1.29, 1.82) is 0 Å². The van der Waals surface area contributed by atoms with Crippen molar-refractivity contribution >= 4 is 5.69 Å². The molecule has 5 nitrogen and oxygen atoms in total. The standard InChI is InChI=1S/C16H9F12N3O2/c1-7-4-8(2-3-10(7)31(32)33)5-30-6-9(11(29-30)13(19,20)21)12(17,18)14(22,23)15(24,25)16(26,27)28/h2-4,6H,5H2,1H3. The Morgan fingerprint density at radius 3 is 1.91 bits per heavy atom. The molecular weight excluding hydrogens is 494 g/mol. The average Bonchev–Trinajstić information content (AvgIpc) is 3.05. The summed E-state index contributed by atoms with van der Waals surface area (Å²) in [4.78, 5) is 9.95. The molecule has 0 aliphatic rings. The third kappa shape index (κ3) is 4.44. The second-order valence-corrected chi connectivity index (χ2v) is 6.69. The van der Waals surface area contributed by atoms with E-state index in [1.54, 1.807) is 0 Å². The van der Waals surface area contributed by atoms with Gasteiger partial charge in [0.05, 0.1) is 17.0 Å². The first-order valence-corrected chi connectivity index (χ1v) is 8.23. The number of halogens is 12. The van der Waals surface area contributed by atoms with Crippen LogP contribution in [0.15, 0.2) is 24.4 Å². The summed E-state index contributed by atoms with van der Waals surface area (Å²) in [5.41, 5.74) is -6.32. The molecule has 0 saturated carbocycles. The van der Waals surface area contributed by atoms with E-state index in [4.69, 9.17) is 0 Å². The Balaban J connectivity index is 2.61. The van der Waals surface area contributed by atoms with E-state index in [1.807, 2.05) is 0 Å². The van der Waals surface area contributed by atoms with Crippen molar-refractivity contribution < 1.29 is 57.6 Å². The topological polar surface area (TPSA) is 61.0 Å². The van der Waals surface area contributed by atoms with Crippen LogP contribution in [0.1, 0.15) is 22.4 Å². The van der Waals surface area contributed by atoms with Crippen LogP contribution in [0.3, 0.4) is 0 Å². The zero-order chi connectivity index (χ0) is 25.8. The molecule has 17 heteroatoms. The minimum absolute atomic E-state index is 0.0393. The molecule has 2 aromatic rings. The minimum atomic E-state index is -7.40. The van der Waals surface area contributed by atoms with Gasteiger partial charge in [0.25, 0.3) is 5.69 Å². The molecular formula is C16H9F12N3O2. The molecule has 0 spiro atoms. The van der Waals surface area contributed by atoms with Crippen LogP contribution >= 0.6 is 0 Å². The smallest absolute Gasteiger partial charge is 0.267 e. The summed E-state index contributed by atoms with van der Waals surface area (Å²) >= 11 is 0. The first kappa shape index (κ1) is 26.2. The molecule has 0 bridgehead atoms. The normalized spacial score (nSPS) is 14.0. The van der Waals surface area contributed by atoms with Gasteiger partial charge in [0, 0.05) is 17.8 Å². The first-order valence-electron chi connectivity index (χ1n) is 8.23. The van der Waals surface area contributed by atoms with E-state index in [2.05, 4.69) is 5.10 Å². The number of aryl methyl sites for hydroxylation is 1. The maximum absolute atomic E-state index is 14.2. The lowest BCUT2D eigenvalue weighted by Crippen LogP contribution is -2.59. The fourth-order valence-electron chi connectivity index (χ4n) is 2.69. The summed E-state index contributed by atoms with van der Waals surface area (Å²) in [6.07, 6.45) is -13.6. The van der Waals surface area contributed by atoms with Gasteiger partial charge >= 0.3 is 30.1 Å².